The molecule has 0 aliphatic carbocycles. The molecule has 0 aromatic heterocycles. The Hall–Kier alpha value is -2.87. The molecular formula is C20H22F3N3O2. The first-order valence-electron chi connectivity index (χ1n) is 8.63. The zero-order valence-electron chi connectivity index (χ0n) is 15.9. The van der Waals surface area contributed by atoms with Crippen LogP contribution in [0.3, 0.4) is 0 Å². The Morgan fingerprint density at radius 3 is 2.25 bits per heavy atom. The molecule has 0 saturated heterocycles. The normalized spacial score (nSPS) is 12.0. The van der Waals surface area contributed by atoms with Crippen LogP contribution in [0.1, 0.15) is 18.5 Å². The van der Waals surface area contributed by atoms with E-state index in [-0.39, 0.29) is 25.0 Å². The van der Waals surface area contributed by atoms with Crippen LogP contribution in [-0.4, -0.2) is 48.8 Å². The monoisotopic (exact) mass is 393 g/mol. The molecule has 0 spiro atoms. The number of benzene rings is 2. The predicted molar refractivity (Wildman–Crippen MR) is 100 cm³/mol. The number of halogens is 3. The Labute approximate surface area is 161 Å². The van der Waals surface area contributed by atoms with E-state index in [2.05, 4.69) is 5.32 Å². The highest BCUT2D eigenvalue weighted by Crippen LogP contribution is 2.20. The second-order valence-corrected chi connectivity index (χ2v) is 6.53. The van der Waals surface area contributed by atoms with Crippen molar-refractivity contribution in [3.63, 3.8) is 0 Å². The number of hydrogen-bond donors (Lipinski definition) is 1. The maximum atomic E-state index is 13.6. The quantitative estimate of drug-likeness (QED) is 0.735. The summed E-state index contributed by atoms with van der Waals surface area (Å²) in [6, 6.07) is 11.0. The minimum atomic E-state index is -1.65. The van der Waals surface area contributed by atoms with Gasteiger partial charge in [0, 0.05) is 7.05 Å². The number of nitrogens with zero attached hydrogens (tertiary/aromatic N) is 2. The molecule has 0 aliphatic heterocycles. The number of carbonyl (C=O) groups is 2. The predicted octanol–water partition coefficient (Wildman–Crippen LogP) is 3.19. The van der Waals surface area contributed by atoms with E-state index in [1.54, 1.807) is 19.0 Å². The summed E-state index contributed by atoms with van der Waals surface area (Å²) < 4.78 is 39.8. The van der Waals surface area contributed by atoms with Gasteiger partial charge in [0.2, 0.25) is 11.8 Å². The van der Waals surface area contributed by atoms with Gasteiger partial charge in [0.15, 0.2) is 17.5 Å². The van der Waals surface area contributed by atoms with Crippen LogP contribution in [0, 0.1) is 17.5 Å². The third kappa shape index (κ3) is 5.32. The second kappa shape index (κ2) is 9.36. The lowest BCUT2D eigenvalue weighted by molar-refractivity contribution is -0.133. The smallest absolute Gasteiger partial charge is 0.238 e. The van der Waals surface area contributed by atoms with Gasteiger partial charge in [-0.1, -0.05) is 30.3 Å². The SMILES string of the molecule is C[C@@H](c1ccccc1)N(C)C(=O)CN(C)CC(=O)Nc1ccc(F)c(F)c1F. The third-order valence-electron chi connectivity index (χ3n) is 4.38. The van der Waals surface area contributed by atoms with Crippen molar-refractivity contribution in [3.05, 3.63) is 65.5 Å². The third-order valence-corrected chi connectivity index (χ3v) is 4.38. The van der Waals surface area contributed by atoms with E-state index in [9.17, 15) is 22.8 Å². The molecule has 0 heterocycles. The molecule has 0 radical (unpaired) electrons. The van der Waals surface area contributed by atoms with Crippen molar-refractivity contribution >= 4 is 17.5 Å². The summed E-state index contributed by atoms with van der Waals surface area (Å²) in [6.07, 6.45) is 0. The minimum absolute atomic E-state index is 0.0403. The highest BCUT2D eigenvalue weighted by Gasteiger charge is 2.20. The highest BCUT2D eigenvalue weighted by atomic mass is 19.2. The van der Waals surface area contributed by atoms with Gasteiger partial charge >= 0.3 is 0 Å². The van der Waals surface area contributed by atoms with Crippen molar-refractivity contribution in [1.82, 2.24) is 9.80 Å². The number of rotatable bonds is 7. The molecule has 1 N–H and O–H groups in total. The van der Waals surface area contributed by atoms with Gasteiger partial charge in [0.25, 0.3) is 0 Å². The highest BCUT2D eigenvalue weighted by molar-refractivity contribution is 5.92. The fourth-order valence-corrected chi connectivity index (χ4v) is 2.63. The molecule has 0 fully saturated rings. The number of amides is 2. The van der Waals surface area contributed by atoms with E-state index in [0.717, 1.165) is 17.7 Å². The Morgan fingerprint density at radius 1 is 0.964 bits per heavy atom. The number of carbonyl (C=O) groups excluding carboxylic acids is 2. The molecule has 2 aromatic rings. The maximum Gasteiger partial charge on any atom is 0.238 e. The molecule has 0 aliphatic rings. The summed E-state index contributed by atoms with van der Waals surface area (Å²) in [5.74, 6) is -5.32. The van der Waals surface area contributed by atoms with Gasteiger partial charge in [0.1, 0.15) is 0 Å². The summed E-state index contributed by atoms with van der Waals surface area (Å²) in [4.78, 5) is 27.5. The van der Waals surface area contributed by atoms with Crippen molar-refractivity contribution < 1.29 is 22.8 Å². The fraction of sp³-hybridized carbons (Fsp3) is 0.300. The number of likely N-dealkylation sites (N-methyl/N-ethyl adjacent to an activating group) is 2. The summed E-state index contributed by atoms with van der Waals surface area (Å²) in [5, 5.41) is 2.17. The lowest BCUT2D eigenvalue weighted by Crippen LogP contribution is -2.40. The molecule has 5 nitrogen and oxygen atoms in total. The van der Waals surface area contributed by atoms with E-state index in [1.807, 2.05) is 37.3 Å². The average molecular weight is 393 g/mol. The van der Waals surface area contributed by atoms with Crippen LogP contribution in [0.4, 0.5) is 18.9 Å². The van der Waals surface area contributed by atoms with E-state index < -0.39 is 29.0 Å². The lowest BCUT2D eigenvalue weighted by atomic mass is 10.1. The molecule has 8 heteroatoms. The van der Waals surface area contributed by atoms with Gasteiger partial charge in [-0.05, 0) is 31.7 Å². The first kappa shape index (κ1) is 21.4. The van der Waals surface area contributed by atoms with Gasteiger partial charge in [-0.2, -0.15) is 0 Å². The van der Waals surface area contributed by atoms with Crippen molar-refractivity contribution in [3.8, 4) is 0 Å². The molecule has 2 rings (SSSR count). The summed E-state index contributed by atoms with van der Waals surface area (Å²) in [7, 11) is 3.23. The number of anilines is 1. The van der Waals surface area contributed by atoms with Crippen LogP contribution in [-0.2, 0) is 9.59 Å². The molecule has 2 amide bonds. The Balaban J connectivity index is 1.90. The summed E-state index contributed by atoms with van der Waals surface area (Å²) >= 11 is 0. The van der Waals surface area contributed by atoms with Crippen LogP contribution in [0.25, 0.3) is 0 Å². The molecule has 1 atom stereocenters. The van der Waals surface area contributed by atoms with Crippen LogP contribution >= 0.6 is 0 Å². The van der Waals surface area contributed by atoms with E-state index in [0.29, 0.717) is 0 Å². The van der Waals surface area contributed by atoms with Crippen LogP contribution < -0.4 is 5.32 Å². The van der Waals surface area contributed by atoms with Crippen molar-refractivity contribution in [2.45, 2.75) is 13.0 Å². The first-order valence-corrected chi connectivity index (χ1v) is 8.63. The van der Waals surface area contributed by atoms with E-state index in [4.69, 9.17) is 0 Å². The zero-order chi connectivity index (χ0) is 20.8. The Morgan fingerprint density at radius 2 is 1.61 bits per heavy atom. The number of hydrogen-bond acceptors (Lipinski definition) is 3. The molecule has 0 bridgehead atoms. The first-order chi connectivity index (χ1) is 13.2. The fourth-order valence-electron chi connectivity index (χ4n) is 2.63. The van der Waals surface area contributed by atoms with Crippen LogP contribution in [0.2, 0.25) is 0 Å². The Bertz CT molecular complexity index is 846. The summed E-state index contributed by atoms with van der Waals surface area (Å²) in [5.41, 5.74) is 0.519. The average Bonchev–Trinajstić information content (AvgIpc) is 2.67. The van der Waals surface area contributed by atoms with Gasteiger partial charge in [-0.25, -0.2) is 13.2 Å². The molecule has 28 heavy (non-hydrogen) atoms. The van der Waals surface area contributed by atoms with Gasteiger partial charge in [-0.3, -0.25) is 14.5 Å². The molecule has 2 aromatic carbocycles. The maximum absolute atomic E-state index is 13.6. The lowest BCUT2D eigenvalue weighted by Gasteiger charge is -2.27. The van der Waals surface area contributed by atoms with Gasteiger partial charge in [-0.15, -0.1) is 0 Å². The van der Waals surface area contributed by atoms with Crippen molar-refractivity contribution in [2.24, 2.45) is 0 Å². The van der Waals surface area contributed by atoms with Crippen LogP contribution in [0.5, 0.6) is 0 Å². The molecular weight excluding hydrogens is 371 g/mol. The van der Waals surface area contributed by atoms with Crippen LogP contribution in [0.15, 0.2) is 42.5 Å². The largest absolute Gasteiger partial charge is 0.338 e. The molecule has 0 unspecified atom stereocenters. The topological polar surface area (TPSA) is 52.7 Å². The zero-order valence-corrected chi connectivity index (χ0v) is 15.9. The summed E-state index contributed by atoms with van der Waals surface area (Å²) in [6.45, 7) is 1.63. The van der Waals surface area contributed by atoms with Gasteiger partial charge < -0.3 is 10.2 Å². The van der Waals surface area contributed by atoms with E-state index >= 15 is 0 Å². The van der Waals surface area contributed by atoms with Crippen molar-refractivity contribution in [2.75, 3.05) is 32.5 Å². The molecule has 0 saturated carbocycles. The number of nitrogens with one attached hydrogen (secondary N) is 1. The Kier molecular flexibility index (Phi) is 7.17. The van der Waals surface area contributed by atoms with Crippen molar-refractivity contribution in [1.29, 1.82) is 0 Å². The standard InChI is InChI=1S/C20H22F3N3O2/c1-13(14-7-5-4-6-8-14)26(3)18(28)12-25(2)11-17(27)24-16-10-9-15(21)19(22)20(16)23/h4-10,13H,11-12H2,1-3H3,(H,24,27)/t13-/m0/s1. The second-order valence-electron chi connectivity index (χ2n) is 6.53. The van der Waals surface area contributed by atoms with Gasteiger partial charge in [0.05, 0.1) is 24.8 Å². The van der Waals surface area contributed by atoms with E-state index in [1.165, 1.54) is 4.90 Å². The molecule has 150 valence electrons. The minimum Gasteiger partial charge on any atom is -0.338 e.